The van der Waals surface area contributed by atoms with Gasteiger partial charge in [-0.3, -0.25) is 10.1 Å². The van der Waals surface area contributed by atoms with Crippen molar-refractivity contribution in [3.05, 3.63) is 134 Å². The van der Waals surface area contributed by atoms with E-state index in [9.17, 15) is 55.5 Å². The molecular weight excluding hydrogens is 997 g/mol. The molecule has 11 unspecified atom stereocenters. The number of aryl methyl sites for hydroxylation is 1. The molecule has 6 aliphatic rings. The molecule has 3 fully saturated rings. The van der Waals surface area contributed by atoms with Gasteiger partial charge in [0.2, 0.25) is 12.0 Å². The number of aromatic hydroxyl groups is 3. The number of hydrogen-bond acceptors (Lipinski definition) is 18. The van der Waals surface area contributed by atoms with Crippen LogP contribution in [-0.2, 0) is 34.4 Å². The van der Waals surface area contributed by atoms with Gasteiger partial charge in [-0.15, -0.1) is 0 Å². The molecule has 4 aromatic carbocycles. The van der Waals surface area contributed by atoms with Crippen molar-refractivity contribution in [2.75, 3.05) is 25.6 Å². The number of fused-ring (bicyclic) bond motifs is 8. The van der Waals surface area contributed by atoms with Crippen LogP contribution in [-0.4, -0.2) is 119 Å². The molecule has 404 valence electrons. The fourth-order valence-corrected chi connectivity index (χ4v) is 13.6. The lowest BCUT2D eigenvalue weighted by Gasteiger charge is -2.60. The number of aromatic nitrogens is 1. The van der Waals surface area contributed by atoms with Crippen LogP contribution in [0.4, 0.5) is 5.82 Å². The maximum atomic E-state index is 14.5. The Kier molecular flexibility index (Phi) is 12.6. The molecule has 20 heteroatoms. The number of aliphatic carboxylic acids is 1. The van der Waals surface area contributed by atoms with Gasteiger partial charge < -0.3 is 85.4 Å². The van der Waals surface area contributed by atoms with Crippen molar-refractivity contribution in [1.29, 1.82) is 0 Å². The number of carboxylic acid groups (broad SMARTS) is 1. The molecular formula is C57H60N4O16. The first kappa shape index (κ1) is 50.7. The third kappa shape index (κ3) is 8.11. The molecule has 2 aliphatic heterocycles. The second-order valence-electron chi connectivity index (χ2n) is 21.3. The number of phenols is 3. The molecule has 4 aliphatic carbocycles. The Labute approximate surface area is 439 Å². The number of aliphatic hydroxyl groups is 5. The third-order valence-corrected chi connectivity index (χ3v) is 17.1. The van der Waals surface area contributed by atoms with E-state index in [0.29, 0.717) is 84.5 Å². The molecule has 12 rings (SSSR count). The summed E-state index contributed by atoms with van der Waals surface area (Å²) in [5, 5.41) is 112. The molecule has 0 amide bonds. The van der Waals surface area contributed by atoms with Gasteiger partial charge in [0.1, 0.15) is 63.2 Å². The Balaban J connectivity index is 1.00. The smallest absolute Gasteiger partial charge is 0.336 e. The van der Waals surface area contributed by atoms with Crippen LogP contribution in [0, 0.1) is 11.8 Å². The van der Waals surface area contributed by atoms with E-state index in [1.54, 1.807) is 66.7 Å². The molecule has 2 saturated heterocycles. The lowest BCUT2D eigenvalue weighted by Crippen LogP contribution is -2.81. The third-order valence-electron chi connectivity index (χ3n) is 17.1. The first-order valence-electron chi connectivity index (χ1n) is 26.0. The van der Waals surface area contributed by atoms with Crippen molar-refractivity contribution in [2.24, 2.45) is 11.8 Å². The van der Waals surface area contributed by atoms with E-state index in [4.69, 9.17) is 29.1 Å². The summed E-state index contributed by atoms with van der Waals surface area (Å²) < 4.78 is 32.7. The van der Waals surface area contributed by atoms with Gasteiger partial charge in [0, 0.05) is 65.6 Å². The van der Waals surface area contributed by atoms with Crippen LogP contribution in [0.15, 0.2) is 105 Å². The standard InChI is InChI=1S/C57H60N4O16/c58-45-18-17-37(61-45)48(66)44(25-62)73-32-14-10-28(11-15-32)41-22-40(65)46-42(74-41)23-43(50(49(46)67)77-55-19-3-5-30(55)4-1-6-33-35(55)7-2-8-39(33)64)75-54-56(71)36-16-12-27-9-13-31(63)20-29(27)21-34(36)47(38-24-59-26-60-38)57(72,53(56)70)51(76-54)52(68)69/h2,7-11,13-15,17-18,20,22-23,30,38,44,47-48,51,53-54,59-64,66-67,70-72H,1,3-6,12,16,19,21,24-26,58H2,(H,68,69). The Hall–Kier alpha value is -7.14. The molecule has 0 radical (unpaired) electrons. The number of carboxylic acids is 1. The van der Waals surface area contributed by atoms with Gasteiger partial charge >= 0.3 is 5.97 Å². The van der Waals surface area contributed by atoms with E-state index in [1.807, 2.05) is 6.07 Å². The molecule has 6 aromatic rings. The number of nitrogens with one attached hydrogen (secondary N) is 3. The van der Waals surface area contributed by atoms with Crippen LogP contribution in [0.3, 0.4) is 0 Å². The minimum atomic E-state index is -2.69. The summed E-state index contributed by atoms with van der Waals surface area (Å²) in [5.41, 5.74) is 2.45. The number of phenolic OH excluding ortho intramolecular Hbond substituents is 3. The van der Waals surface area contributed by atoms with Crippen LogP contribution in [0.25, 0.3) is 22.3 Å². The summed E-state index contributed by atoms with van der Waals surface area (Å²) in [6.07, 6.45) is -4.79. The second kappa shape index (κ2) is 19.1. The maximum Gasteiger partial charge on any atom is 0.336 e. The zero-order valence-electron chi connectivity index (χ0n) is 41.6. The lowest BCUT2D eigenvalue weighted by atomic mass is 9.56. The van der Waals surface area contributed by atoms with Crippen molar-refractivity contribution in [3.63, 3.8) is 0 Å². The van der Waals surface area contributed by atoms with Gasteiger partial charge in [0.15, 0.2) is 34.7 Å². The van der Waals surface area contributed by atoms with Gasteiger partial charge in [-0.25, -0.2) is 4.79 Å². The lowest BCUT2D eigenvalue weighted by molar-refractivity contribution is -0.348. The van der Waals surface area contributed by atoms with Crippen molar-refractivity contribution in [3.8, 4) is 45.8 Å². The molecule has 14 N–H and O–H groups in total. The minimum absolute atomic E-state index is 0.0162. The summed E-state index contributed by atoms with van der Waals surface area (Å²) >= 11 is 0. The number of rotatable bonds is 12. The average molecular weight is 1060 g/mol. The van der Waals surface area contributed by atoms with Gasteiger partial charge in [0.25, 0.3) is 0 Å². The average Bonchev–Trinajstić information content (AvgIpc) is 4.19. The summed E-state index contributed by atoms with van der Waals surface area (Å²) in [6.45, 7) is 0.0212. The van der Waals surface area contributed by atoms with E-state index >= 15 is 0 Å². The number of H-pyrrole nitrogens is 1. The normalized spacial score (nSPS) is 29.3. The van der Waals surface area contributed by atoms with E-state index in [2.05, 4.69) is 15.6 Å². The fraction of sp³-hybridized carbons (Fsp3) is 0.404. The number of nitrogen functional groups attached to an aromatic ring is 1. The molecule has 77 heavy (non-hydrogen) atoms. The van der Waals surface area contributed by atoms with Gasteiger partial charge in [-0.1, -0.05) is 23.8 Å². The van der Waals surface area contributed by atoms with E-state index in [1.165, 1.54) is 12.1 Å². The monoisotopic (exact) mass is 1060 g/mol. The molecule has 2 aromatic heterocycles. The molecule has 4 heterocycles. The Morgan fingerprint density at radius 3 is 2.48 bits per heavy atom. The molecule has 11 atom stereocenters. The fourth-order valence-electron chi connectivity index (χ4n) is 13.6. The molecule has 20 nitrogen and oxygen atoms in total. The highest BCUT2D eigenvalue weighted by molar-refractivity contribution is 5.90. The van der Waals surface area contributed by atoms with Gasteiger partial charge in [0.05, 0.1) is 6.61 Å². The number of benzene rings is 4. The first-order valence-corrected chi connectivity index (χ1v) is 26.0. The zero-order valence-corrected chi connectivity index (χ0v) is 41.6. The number of nitrogens with two attached hydrogens (primary N) is 1. The number of aliphatic hydroxyl groups excluding tert-OH is 3. The minimum Gasteiger partial charge on any atom is -0.508 e. The van der Waals surface area contributed by atoms with Gasteiger partial charge in [-0.2, -0.15) is 0 Å². The predicted octanol–water partition coefficient (Wildman–Crippen LogP) is 4.02. The highest BCUT2D eigenvalue weighted by Crippen LogP contribution is 2.59. The largest absolute Gasteiger partial charge is 0.508 e. The number of aromatic amines is 1. The van der Waals surface area contributed by atoms with Crippen LogP contribution in [0.1, 0.15) is 72.6 Å². The van der Waals surface area contributed by atoms with Crippen molar-refractivity contribution in [2.45, 2.75) is 111 Å². The zero-order chi connectivity index (χ0) is 53.7. The molecule has 1 saturated carbocycles. The van der Waals surface area contributed by atoms with Crippen molar-refractivity contribution in [1.82, 2.24) is 15.6 Å². The summed E-state index contributed by atoms with van der Waals surface area (Å²) in [7, 11) is 0. The van der Waals surface area contributed by atoms with E-state index < -0.39 is 83.2 Å². The Bertz CT molecular complexity index is 3390. The van der Waals surface area contributed by atoms with Crippen molar-refractivity contribution < 1.29 is 74.1 Å². The number of anilines is 1. The molecule has 2 bridgehead atoms. The number of ether oxygens (including phenoxy) is 4. The highest BCUT2D eigenvalue weighted by Gasteiger charge is 2.74. The van der Waals surface area contributed by atoms with E-state index in [0.717, 1.165) is 12.0 Å². The number of hydrogen-bond donors (Lipinski definition) is 13. The van der Waals surface area contributed by atoms with E-state index in [-0.39, 0.29) is 76.4 Å². The molecule has 0 spiro atoms. The Morgan fingerprint density at radius 1 is 0.935 bits per heavy atom. The maximum absolute atomic E-state index is 14.5. The first-order chi connectivity index (χ1) is 37.0. The van der Waals surface area contributed by atoms with Gasteiger partial charge in [-0.05, 0) is 129 Å². The second-order valence-corrected chi connectivity index (χ2v) is 21.3. The highest BCUT2D eigenvalue weighted by atomic mass is 16.7. The predicted molar refractivity (Wildman–Crippen MR) is 275 cm³/mol. The number of carbonyl (C=O) groups is 1. The van der Waals surface area contributed by atoms with Crippen LogP contribution in [0.5, 0.6) is 34.5 Å². The Morgan fingerprint density at radius 2 is 1.74 bits per heavy atom. The topological polar surface area (TPSA) is 332 Å². The SMILES string of the molecule is Nc1ccc(C(O)C(CO)Oc2ccc(-c3cc(=O)c4c(O)c(OC56CCCC5CCCc5c(O)cccc56)c(OC5OC(C(=O)O)C6(O)C(C7CNCN7)C7=C(CCc8ccc(O)cc8C7)C5(O)C6O)cc4o3)cc2)[nH]1. The quantitative estimate of drug-likeness (QED) is 0.0770. The summed E-state index contributed by atoms with van der Waals surface area (Å²) in [6, 6.07) is 21.2. The van der Waals surface area contributed by atoms with Crippen LogP contribution >= 0.6 is 0 Å². The summed E-state index contributed by atoms with van der Waals surface area (Å²) in [4.78, 5) is 30.9. The summed E-state index contributed by atoms with van der Waals surface area (Å²) in [5.74, 6) is -3.81. The van der Waals surface area contributed by atoms with Crippen molar-refractivity contribution >= 4 is 22.8 Å². The van der Waals surface area contributed by atoms with Crippen LogP contribution < -0.4 is 36.0 Å². The van der Waals surface area contributed by atoms with Crippen LogP contribution in [0.2, 0.25) is 0 Å².